The smallest absolute Gasteiger partial charge is 0.328 e. The maximum absolute atomic E-state index is 11.3. The van der Waals surface area contributed by atoms with E-state index in [0.717, 1.165) is 38.5 Å². The molecule has 0 aliphatic rings. The van der Waals surface area contributed by atoms with Gasteiger partial charge in [-0.1, -0.05) is 25.7 Å². The van der Waals surface area contributed by atoms with Crippen LogP contribution in [0.15, 0.2) is 21.9 Å². The molecule has 5 heteroatoms. The minimum atomic E-state index is -0.352. The van der Waals surface area contributed by atoms with Gasteiger partial charge in [0.2, 0.25) is 0 Å². The van der Waals surface area contributed by atoms with E-state index in [1.807, 2.05) is 0 Å². The van der Waals surface area contributed by atoms with Crippen LogP contribution in [0.4, 0.5) is 0 Å². The molecule has 0 bridgehead atoms. The minimum absolute atomic E-state index is 0.271. The zero-order valence-corrected chi connectivity index (χ0v) is 10.0. The number of H-pyrrole nitrogens is 1. The lowest BCUT2D eigenvalue weighted by Crippen LogP contribution is -2.28. The zero-order chi connectivity index (χ0) is 12.5. The lowest BCUT2D eigenvalue weighted by atomic mass is 10.1. The molecule has 2 N–H and O–H groups in total. The van der Waals surface area contributed by atoms with Gasteiger partial charge in [-0.3, -0.25) is 9.78 Å². The van der Waals surface area contributed by atoms with Crippen molar-refractivity contribution >= 4 is 0 Å². The van der Waals surface area contributed by atoms with E-state index in [-0.39, 0.29) is 17.9 Å². The van der Waals surface area contributed by atoms with Crippen molar-refractivity contribution in [2.24, 2.45) is 0 Å². The van der Waals surface area contributed by atoms with Crippen molar-refractivity contribution in [3.05, 3.63) is 33.1 Å². The van der Waals surface area contributed by atoms with Crippen molar-refractivity contribution in [2.45, 2.75) is 45.1 Å². The Labute approximate surface area is 100 Å². The first-order valence-electron chi connectivity index (χ1n) is 6.14. The molecule has 0 radical (unpaired) electrons. The van der Waals surface area contributed by atoms with Gasteiger partial charge >= 0.3 is 5.69 Å². The van der Waals surface area contributed by atoms with Crippen molar-refractivity contribution in [1.29, 1.82) is 0 Å². The second kappa shape index (κ2) is 7.84. The fraction of sp³-hybridized carbons (Fsp3) is 0.667. The Hall–Kier alpha value is -1.36. The molecular weight excluding hydrogens is 220 g/mol. The van der Waals surface area contributed by atoms with Crippen LogP contribution < -0.4 is 11.2 Å². The predicted octanol–water partition coefficient (Wildman–Crippen LogP) is 0.869. The van der Waals surface area contributed by atoms with E-state index in [1.165, 1.54) is 16.8 Å². The van der Waals surface area contributed by atoms with Gasteiger partial charge in [0.25, 0.3) is 5.56 Å². The van der Waals surface area contributed by atoms with Crippen LogP contribution in [-0.4, -0.2) is 21.3 Å². The SMILES string of the molecule is O=c1ccn(CCCCCCCCO)c(=O)[nH]1. The number of hydrogen-bond donors (Lipinski definition) is 2. The summed E-state index contributed by atoms with van der Waals surface area (Å²) in [5.41, 5.74) is -0.687. The first kappa shape index (κ1) is 13.7. The quantitative estimate of drug-likeness (QED) is 0.662. The monoisotopic (exact) mass is 240 g/mol. The summed E-state index contributed by atoms with van der Waals surface area (Å²) in [6.45, 7) is 0.919. The average Bonchev–Trinajstić information content (AvgIpc) is 2.30. The van der Waals surface area contributed by atoms with Crippen LogP contribution in [0.2, 0.25) is 0 Å². The van der Waals surface area contributed by atoms with Gasteiger partial charge in [0.15, 0.2) is 0 Å². The van der Waals surface area contributed by atoms with E-state index >= 15 is 0 Å². The first-order chi connectivity index (χ1) is 8.24. The molecule has 0 aliphatic heterocycles. The average molecular weight is 240 g/mol. The third-order valence-corrected chi connectivity index (χ3v) is 2.70. The van der Waals surface area contributed by atoms with Crippen LogP contribution in [0, 0.1) is 0 Å². The normalized spacial score (nSPS) is 10.6. The lowest BCUT2D eigenvalue weighted by Gasteiger charge is -2.04. The van der Waals surface area contributed by atoms with Crippen molar-refractivity contribution < 1.29 is 5.11 Å². The van der Waals surface area contributed by atoms with E-state index in [2.05, 4.69) is 4.98 Å². The molecule has 1 heterocycles. The molecule has 17 heavy (non-hydrogen) atoms. The summed E-state index contributed by atoms with van der Waals surface area (Å²) in [7, 11) is 0. The number of aromatic nitrogens is 2. The number of nitrogens with one attached hydrogen (secondary N) is 1. The molecule has 0 fully saturated rings. The number of unbranched alkanes of at least 4 members (excludes halogenated alkanes) is 5. The van der Waals surface area contributed by atoms with Gasteiger partial charge in [0.1, 0.15) is 0 Å². The van der Waals surface area contributed by atoms with Gasteiger partial charge in [0.05, 0.1) is 0 Å². The van der Waals surface area contributed by atoms with Crippen LogP contribution in [0.5, 0.6) is 0 Å². The van der Waals surface area contributed by atoms with Crippen LogP contribution in [0.1, 0.15) is 38.5 Å². The summed E-state index contributed by atoms with van der Waals surface area (Å²) in [6, 6.07) is 1.36. The van der Waals surface area contributed by atoms with E-state index in [1.54, 1.807) is 0 Å². The third-order valence-electron chi connectivity index (χ3n) is 2.70. The van der Waals surface area contributed by atoms with E-state index < -0.39 is 0 Å². The summed E-state index contributed by atoms with van der Waals surface area (Å²) < 4.78 is 1.52. The Kier molecular flexibility index (Phi) is 6.32. The maximum atomic E-state index is 11.3. The fourth-order valence-corrected chi connectivity index (χ4v) is 1.72. The molecular formula is C12H20N2O3. The summed E-state index contributed by atoms with van der Waals surface area (Å²) in [6.07, 6.45) is 7.72. The zero-order valence-electron chi connectivity index (χ0n) is 10.0. The number of rotatable bonds is 8. The van der Waals surface area contributed by atoms with Crippen LogP contribution >= 0.6 is 0 Å². The highest BCUT2D eigenvalue weighted by atomic mass is 16.2. The molecule has 0 aromatic carbocycles. The highest BCUT2D eigenvalue weighted by Crippen LogP contribution is 2.05. The molecule has 1 aromatic rings. The van der Waals surface area contributed by atoms with Crippen LogP contribution in [0.3, 0.4) is 0 Å². The molecule has 0 spiro atoms. The largest absolute Gasteiger partial charge is 0.396 e. The molecule has 0 atom stereocenters. The number of aryl methyl sites for hydroxylation is 1. The van der Waals surface area contributed by atoms with Crippen LogP contribution in [0.25, 0.3) is 0 Å². The number of aromatic amines is 1. The van der Waals surface area contributed by atoms with Gasteiger partial charge in [-0.05, 0) is 12.8 Å². The second-order valence-corrected chi connectivity index (χ2v) is 4.15. The maximum Gasteiger partial charge on any atom is 0.328 e. The van der Waals surface area contributed by atoms with E-state index in [9.17, 15) is 9.59 Å². The molecule has 96 valence electrons. The van der Waals surface area contributed by atoms with Gasteiger partial charge < -0.3 is 9.67 Å². The number of aliphatic hydroxyl groups excluding tert-OH is 1. The van der Waals surface area contributed by atoms with E-state index in [0.29, 0.717) is 6.54 Å². The highest BCUT2D eigenvalue weighted by molar-refractivity contribution is 4.82. The Morgan fingerprint density at radius 2 is 1.71 bits per heavy atom. The highest BCUT2D eigenvalue weighted by Gasteiger charge is 1.96. The Balaban J connectivity index is 2.18. The Morgan fingerprint density at radius 1 is 1.06 bits per heavy atom. The Bertz CT molecular complexity index is 422. The lowest BCUT2D eigenvalue weighted by molar-refractivity contribution is 0.282. The molecule has 0 amide bonds. The number of aliphatic hydroxyl groups is 1. The summed E-state index contributed by atoms with van der Waals surface area (Å²) in [5.74, 6) is 0. The molecule has 5 nitrogen and oxygen atoms in total. The molecule has 0 saturated heterocycles. The van der Waals surface area contributed by atoms with E-state index in [4.69, 9.17) is 5.11 Å². The van der Waals surface area contributed by atoms with Crippen molar-refractivity contribution in [3.8, 4) is 0 Å². The third kappa shape index (κ3) is 5.49. The number of hydrogen-bond acceptors (Lipinski definition) is 3. The molecule has 0 saturated carbocycles. The Morgan fingerprint density at radius 3 is 2.35 bits per heavy atom. The summed E-state index contributed by atoms with van der Waals surface area (Å²) >= 11 is 0. The molecule has 0 aliphatic carbocycles. The van der Waals surface area contributed by atoms with Crippen molar-refractivity contribution in [3.63, 3.8) is 0 Å². The number of nitrogens with zero attached hydrogens (tertiary/aromatic N) is 1. The topological polar surface area (TPSA) is 75.1 Å². The second-order valence-electron chi connectivity index (χ2n) is 4.15. The minimum Gasteiger partial charge on any atom is -0.396 e. The van der Waals surface area contributed by atoms with Gasteiger partial charge in [0, 0.05) is 25.4 Å². The predicted molar refractivity (Wildman–Crippen MR) is 66.1 cm³/mol. The van der Waals surface area contributed by atoms with Gasteiger partial charge in [-0.2, -0.15) is 0 Å². The summed E-state index contributed by atoms with van der Waals surface area (Å²) in [4.78, 5) is 24.4. The standard InChI is InChI=1S/C12H20N2O3/c15-10-6-4-2-1-3-5-8-14-9-7-11(16)13-12(14)17/h7,9,15H,1-6,8,10H2,(H,13,16,17). The van der Waals surface area contributed by atoms with Crippen molar-refractivity contribution in [1.82, 2.24) is 9.55 Å². The first-order valence-corrected chi connectivity index (χ1v) is 6.14. The van der Waals surface area contributed by atoms with Gasteiger partial charge in [-0.15, -0.1) is 0 Å². The van der Waals surface area contributed by atoms with Crippen molar-refractivity contribution in [2.75, 3.05) is 6.61 Å². The summed E-state index contributed by atoms with van der Waals surface area (Å²) in [5, 5.41) is 8.60. The van der Waals surface area contributed by atoms with Gasteiger partial charge in [-0.25, -0.2) is 4.79 Å². The molecule has 0 unspecified atom stereocenters. The molecule has 1 aromatic heterocycles. The molecule has 1 rings (SSSR count). The van der Waals surface area contributed by atoms with Crippen LogP contribution in [-0.2, 0) is 6.54 Å². The fourth-order valence-electron chi connectivity index (χ4n) is 1.72.